The van der Waals surface area contributed by atoms with Crippen LogP contribution in [0.1, 0.15) is 63.5 Å². The average molecular weight is 414 g/mol. The van der Waals surface area contributed by atoms with Crippen molar-refractivity contribution >= 4 is 11.9 Å². The molecule has 1 amide bonds. The van der Waals surface area contributed by atoms with Crippen molar-refractivity contribution in [1.82, 2.24) is 20.4 Å². The molecule has 1 aromatic carbocycles. The van der Waals surface area contributed by atoms with Crippen molar-refractivity contribution in [2.24, 2.45) is 4.99 Å². The summed E-state index contributed by atoms with van der Waals surface area (Å²) in [5.41, 5.74) is 2.39. The SMILES string of the molecule is CCNC(=NCc1ccccc1CN1CCCC1=O)NCCN1CCCCC1CC. The molecule has 0 saturated carbocycles. The van der Waals surface area contributed by atoms with Gasteiger partial charge >= 0.3 is 0 Å². The fraction of sp³-hybridized carbons (Fsp3) is 0.667. The van der Waals surface area contributed by atoms with Crippen LogP contribution in [0.25, 0.3) is 0 Å². The summed E-state index contributed by atoms with van der Waals surface area (Å²) in [6.45, 7) is 10.6. The lowest BCUT2D eigenvalue weighted by molar-refractivity contribution is -0.128. The Kier molecular flexibility index (Phi) is 9.00. The first-order valence-corrected chi connectivity index (χ1v) is 11.8. The Morgan fingerprint density at radius 2 is 1.93 bits per heavy atom. The monoisotopic (exact) mass is 413 g/mol. The third-order valence-corrected chi connectivity index (χ3v) is 6.31. The number of aliphatic imine (C=N–C) groups is 1. The molecule has 1 aromatic rings. The van der Waals surface area contributed by atoms with E-state index in [2.05, 4.69) is 53.6 Å². The number of piperidine rings is 1. The van der Waals surface area contributed by atoms with Crippen LogP contribution in [-0.2, 0) is 17.9 Å². The van der Waals surface area contributed by atoms with Crippen LogP contribution >= 0.6 is 0 Å². The number of hydrogen-bond acceptors (Lipinski definition) is 3. The molecule has 3 rings (SSSR count). The van der Waals surface area contributed by atoms with Gasteiger partial charge in [0, 0.05) is 45.2 Å². The van der Waals surface area contributed by atoms with Gasteiger partial charge < -0.3 is 15.5 Å². The van der Waals surface area contributed by atoms with E-state index in [0.29, 0.717) is 19.5 Å². The molecule has 2 heterocycles. The number of rotatable bonds is 9. The first-order chi connectivity index (χ1) is 14.7. The average Bonchev–Trinajstić information content (AvgIpc) is 3.17. The first-order valence-electron chi connectivity index (χ1n) is 11.8. The molecule has 0 spiro atoms. The molecule has 2 aliphatic heterocycles. The Bertz CT molecular complexity index is 705. The summed E-state index contributed by atoms with van der Waals surface area (Å²) in [5.74, 6) is 1.14. The zero-order chi connectivity index (χ0) is 21.2. The fourth-order valence-electron chi connectivity index (χ4n) is 4.58. The van der Waals surface area contributed by atoms with Gasteiger partial charge in [0.05, 0.1) is 6.54 Å². The Morgan fingerprint density at radius 3 is 2.67 bits per heavy atom. The van der Waals surface area contributed by atoms with E-state index < -0.39 is 0 Å². The number of benzene rings is 1. The molecule has 30 heavy (non-hydrogen) atoms. The topological polar surface area (TPSA) is 60.0 Å². The zero-order valence-electron chi connectivity index (χ0n) is 18.8. The van der Waals surface area contributed by atoms with Gasteiger partial charge in [0.2, 0.25) is 5.91 Å². The highest BCUT2D eigenvalue weighted by atomic mass is 16.2. The Morgan fingerprint density at radius 1 is 1.10 bits per heavy atom. The summed E-state index contributed by atoms with van der Waals surface area (Å²) in [4.78, 5) is 21.4. The fourth-order valence-corrected chi connectivity index (χ4v) is 4.58. The molecule has 0 radical (unpaired) electrons. The van der Waals surface area contributed by atoms with Crippen molar-refractivity contribution in [3.8, 4) is 0 Å². The predicted octanol–water partition coefficient (Wildman–Crippen LogP) is 3.13. The highest BCUT2D eigenvalue weighted by molar-refractivity contribution is 5.79. The van der Waals surface area contributed by atoms with Crippen molar-refractivity contribution in [2.45, 2.75) is 71.5 Å². The van der Waals surface area contributed by atoms with Gasteiger partial charge in [-0.15, -0.1) is 0 Å². The standard InChI is InChI=1S/C24H39N5O/c1-3-22-12-7-8-15-28(22)17-14-26-24(25-4-2)27-18-20-10-5-6-11-21(20)19-29-16-9-13-23(29)30/h5-6,10-11,22H,3-4,7-9,12-19H2,1-2H3,(H2,25,26,27). The minimum absolute atomic E-state index is 0.270. The maximum absolute atomic E-state index is 12.0. The van der Waals surface area contributed by atoms with E-state index in [1.54, 1.807) is 0 Å². The number of carbonyl (C=O) groups excluding carboxylic acids is 1. The van der Waals surface area contributed by atoms with Gasteiger partial charge in [-0.25, -0.2) is 4.99 Å². The van der Waals surface area contributed by atoms with Crippen LogP contribution in [0.2, 0.25) is 0 Å². The Hall–Kier alpha value is -2.08. The molecule has 166 valence electrons. The zero-order valence-corrected chi connectivity index (χ0v) is 18.8. The van der Waals surface area contributed by atoms with Crippen LogP contribution in [0.3, 0.4) is 0 Å². The summed E-state index contributed by atoms with van der Waals surface area (Å²) in [6.07, 6.45) is 6.93. The predicted molar refractivity (Wildman–Crippen MR) is 123 cm³/mol. The smallest absolute Gasteiger partial charge is 0.222 e. The largest absolute Gasteiger partial charge is 0.357 e. The van der Waals surface area contributed by atoms with Crippen LogP contribution in [0.5, 0.6) is 0 Å². The van der Waals surface area contributed by atoms with Crippen LogP contribution in [-0.4, -0.2) is 60.4 Å². The van der Waals surface area contributed by atoms with E-state index in [-0.39, 0.29) is 5.91 Å². The van der Waals surface area contributed by atoms with Crippen molar-refractivity contribution < 1.29 is 4.79 Å². The number of nitrogens with zero attached hydrogens (tertiary/aromatic N) is 3. The summed E-state index contributed by atoms with van der Waals surface area (Å²) in [6, 6.07) is 9.10. The van der Waals surface area contributed by atoms with E-state index in [9.17, 15) is 4.79 Å². The lowest BCUT2D eigenvalue weighted by Crippen LogP contribution is -2.45. The third-order valence-electron chi connectivity index (χ3n) is 6.31. The maximum Gasteiger partial charge on any atom is 0.222 e. The van der Waals surface area contributed by atoms with Crippen molar-refractivity contribution in [2.75, 3.05) is 32.7 Å². The minimum Gasteiger partial charge on any atom is -0.357 e. The third kappa shape index (κ3) is 6.46. The highest BCUT2D eigenvalue weighted by Gasteiger charge is 2.21. The van der Waals surface area contributed by atoms with Crippen LogP contribution < -0.4 is 10.6 Å². The second-order valence-electron chi connectivity index (χ2n) is 8.40. The van der Waals surface area contributed by atoms with Gasteiger partial charge in [0.1, 0.15) is 0 Å². The molecule has 0 aliphatic carbocycles. The van der Waals surface area contributed by atoms with Gasteiger partial charge in [0.25, 0.3) is 0 Å². The highest BCUT2D eigenvalue weighted by Crippen LogP contribution is 2.19. The van der Waals surface area contributed by atoms with Crippen molar-refractivity contribution in [3.63, 3.8) is 0 Å². The Labute approximate surface area is 182 Å². The Balaban J connectivity index is 1.56. The molecule has 6 heteroatoms. The van der Waals surface area contributed by atoms with Gasteiger partial charge in [-0.1, -0.05) is 37.6 Å². The number of guanidine groups is 1. The number of likely N-dealkylation sites (tertiary alicyclic amines) is 2. The maximum atomic E-state index is 12.0. The second-order valence-corrected chi connectivity index (χ2v) is 8.40. The van der Waals surface area contributed by atoms with Gasteiger partial charge in [-0.05, 0) is 50.3 Å². The summed E-state index contributed by atoms with van der Waals surface area (Å²) >= 11 is 0. The van der Waals surface area contributed by atoms with E-state index in [1.165, 1.54) is 43.4 Å². The molecule has 0 bridgehead atoms. The summed E-state index contributed by atoms with van der Waals surface area (Å²) < 4.78 is 0. The second kappa shape index (κ2) is 11.9. The molecule has 2 aliphatic rings. The first kappa shape index (κ1) is 22.6. The van der Waals surface area contributed by atoms with Crippen LogP contribution in [0.15, 0.2) is 29.3 Å². The van der Waals surface area contributed by atoms with E-state index in [1.807, 2.05) is 4.90 Å². The summed E-state index contributed by atoms with van der Waals surface area (Å²) in [7, 11) is 0. The molecular weight excluding hydrogens is 374 g/mol. The number of nitrogens with one attached hydrogen (secondary N) is 2. The van der Waals surface area contributed by atoms with E-state index in [4.69, 9.17) is 4.99 Å². The molecule has 1 atom stereocenters. The molecule has 0 aromatic heterocycles. The summed E-state index contributed by atoms with van der Waals surface area (Å²) in [5, 5.41) is 6.89. The number of amides is 1. The normalized spacial score (nSPS) is 20.6. The molecular formula is C24H39N5O. The van der Waals surface area contributed by atoms with Crippen molar-refractivity contribution in [3.05, 3.63) is 35.4 Å². The minimum atomic E-state index is 0.270. The molecule has 2 N–H and O–H groups in total. The van der Waals surface area contributed by atoms with Crippen LogP contribution in [0.4, 0.5) is 0 Å². The van der Waals surface area contributed by atoms with Gasteiger partial charge in [-0.2, -0.15) is 0 Å². The number of hydrogen-bond donors (Lipinski definition) is 2. The molecule has 2 saturated heterocycles. The molecule has 2 fully saturated rings. The number of carbonyl (C=O) groups is 1. The molecule has 6 nitrogen and oxygen atoms in total. The lowest BCUT2D eigenvalue weighted by atomic mass is 10.0. The van der Waals surface area contributed by atoms with E-state index >= 15 is 0 Å². The lowest BCUT2D eigenvalue weighted by Gasteiger charge is -2.35. The van der Waals surface area contributed by atoms with Gasteiger partial charge in [-0.3, -0.25) is 9.69 Å². The van der Waals surface area contributed by atoms with Crippen LogP contribution in [0, 0.1) is 0 Å². The molecule has 1 unspecified atom stereocenters. The van der Waals surface area contributed by atoms with Gasteiger partial charge in [0.15, 0.2) is 5.96 Å². The quantitative estimate of drug-likeness (QED) is 0.482. The van der Waals surface area contributed by atoms with Crippen molar-refractivity contribution in [1.29, 1.82) is 0 Å². The van der Waals surface area contributed by atoms with E-state index in [0.717, 1.165) is 44.6 Å².